The van der Waals surface area contributed by atoms with Crippen LogP contribution < -0.4 is 0 Å². The van der Waals surface area contributed by atoms with Gasteiger partial charge in [-0.15, -0.1) is 10.2 Å². The highest BCUT2D eigenvalue weighted by Gasteiger charge is 2.32. The largest absolute Gasteiger partial charge is 0.345 e. The van der Waals surface area contributed by atoms with E-state index in [0.29, 0.717) is 27.6 Å². The van der Waals surface area contributed by atoms with Gasteiger partial charge >= 0.3 is 0 Å². The van der Waals surface area contributed by atoms with Crippen LogP contribution in [0.25, 0.3) is 11.4 Å². The molecule has 1 unspecified atom stereocenters. The molecule has 1 aliphatic rings. The molecule has 1 amide bonds. The van der Waals surface area contributed by atoms with Crippen LogP contribution in [-0.2, 0) is 11.3 Å². The quantitative estimate of drug-likeness (QED) is 0.589. The van der Waals surface area contributed by atoms with Gasteiger partial charge in [0.25, 0.3) is 0 Å². The first-order chi connectivity index (χ1) is 13.5. The molecular formula is C20H18Cl2N4OS. The molecule has 0 N–H and O–H groups in total. The Bertz CT molecular complexity index is 1010. The van der Waals surface area contributed by atoms with Crippen molar-refractivity contribution in [1.29, 1.82) is 0 Å². The molecule has 1 saturated heterocycles. The van der Waals surface area contributed by atoms with Crippen LogP contribution in [0.2, 0.25) is 10.0 Å². The maximum atomic E-state index is 12.4. The second-order valence-electron chi connectivity index (χ2n) is 6.66. The number of thioether (sulfide) groups is 1. The van der Waals surface area contributed by atoms with Gasteiger partial charge in [0.1, 0.15) is 0 Å². The number of hydrogen-bond donors (Lipinski definition) is 0. The molecule has 0 bridgehead atoms. The molecule has 2 aromatic carbocycles. The summed E-state index contributed by atoms with van der Waals surface area (Å²) in [7, 11) is 1.83. The number of amides is 1. The van der Waals surface area contributed by atoms with Crippen molar-refractivity contribution < 1.29 is 4.79 Å². The van der Waals surface area contributed by atoms with Crippen molar-refractivity contribution in [2.24, 2.45) is 0 Å². The van der Waals surface area contributed by atoms with Gasteiger partial charge in [-0.2, -0.15) is 0 Å². The van der Waals surface area contributed by atoms with Crippen LogP contribution in [0.5, 0.6) is 0 Å². The predicted octanol–water partition coefficient (Wildman–Crippen LogP) is 4.62. The van der Waals surface area contributed by atoms with Crippen LogP contribution in [0.3, 0.4) is 0 Å². The smallest absolute Gasteiger partial charge is 0.235 e. The second kappa shape index (κ2) is 8.15. The number of carbonyl (C=O) groups is 1. The Morgan fingerprint density at radius 1 is 1.14 bits per heavy atom. The average Bonchev–Trinajstić information content (AvgIpc) is 3.21. The number of carbonyl (C=O) groups excluding carboxylic acids is 1. The van der Waals surface area contributed by atoms with E-state index in [-0.39, 0.29) is 11.2 Å². The lowest BCUT2D eigenvalue weighted by Crippen LogP contribution is -2.24. The van der Waals surface area contributed by atoms with E-state index in [9.17, 15) is 4.79 Å². The zero-order valence-corrected chi connectivity index (χ0v) is 17.5. The first-order valence-corrected chi connectivity index (χ1v) is 10.5. The van der Waals surface area contributed by atoms with Gasteiger partial charge in [-0.05, 0) is 30.2 Å². The molecule has 1 fully saturated rings. The minimum absolute atomic E-state index is 0.130. The topological polar surface area (TPSA) is 51.0 Å². The minimum atomic E-state index is -0.141. The number of halogens is 2. The van der Waals surface area contributed by atoms with E-state index < -0.39 is 0 Å². The van der Waals surface area contributed by atoms with Gasteiger partial charge in [-0.25, -0.2) is 0 Å². The summed E-state index contributed by atoms with van der Waals surface area (Å²) in [5, 5.41) is 10.4. The Balaban J connectivity index is 1.74. The lowest BCUT2D eigenvalue weighted by atomic mass is 10.2. The fourth-order valence-corrected chi connectivity index (χ4v) is 4.80. The summed E-state index contributed by atoms with van der Waals surface area (Å²) < 4.78 is 2.01. The Hall–Kier alpha value is -2.02. The van der Waals surface area contributed by atoms with E-state index in [2.05, 4.69) is 22.3 Å². The van der Waals surface area contributed by atoms with E-state index >= 15 is 0 Å². The van der Waals surface area contributed by atoms with Gasteiger partial charge in [-0.3, -0.25) is 9.36 Å². The number of benzene rings is 2. The van der Waals surface area contributed by atoms with E-state index in [1.807, 2.05) is 35.9 Å². The molecule has 0 spiro atoms. The van der Waals surface area contributed by atoms with Crippen molar-refractivity contribution in [1.82, 2.24) is 19.7 Å². The number of aromatic nitrogens is 3. The standard InChI is InChI=1S/C20H18Cl2N4OS/c1-25-10-9-17(19(25)27)28-20-24-23-18(15-8-7-14(21)11-16(15)22)26(20)12-13-5-3-2-4-6-13/h2-8,11,17H,9-10,12H2,1H3. The van der Waals surface area contributed by atoms with Crippen LogP contribution in [0.1, 0.15) is 12.0 Å². The second-order valence-corrected chi connectivity index (χ2v) is 8.67. The van der Waals surface area contributed by atoms with E-state index in [4.69, 9.17) is 23.2 Å². The third-order valence-corrected chi connectivity index (χ3v) is 6.48. The molecule has 2 heterocycles. The summed E-state index contributed by atoms with van der Waals surface area (Å²) in [5.74, 6) is 0.789. The molecule has 1 aromatic heterocycles. The Labute approximate surface area is 177 Å². The number of nitrogens with zero attached hydrogens (tertiary/aromatic N) is 4. The molecule has 0 saturated carbocycles. The third kappa shape index (κ3) is 3.90. The van der Waals surface area contributed by atoms with Crippen LogP contribution in [0, 0.1) is 0 Å². The molecule has 0 aliphatic carbocycles. The Morgan fingerprint density at radius 2 is 1.93 bits per heavy atom. The van der Waals surface area contributed by atoms with Crippen molar-refractivity contribution in [3.8, 4) is 11.4 Å². The van der Waals surface area contributed by atoms with E-state index in [1.165, 1.54) is 11.8 Å². The van der Waals surface area contributed by atoms with Crippen molar-refractivity contribution in [2.45, 2.75) is 23.4 Å². The van der Waals surface area contributed by atoms with E-state index in [1.54, 1.807) is 17.0 Å². The third-order valence-electron chi connectivity index (χ3n) is 4.70. The monoisotopic (exact) mass is 432 g/mol. The SMILES string of the molecule is CN1CCC(Sc2nnc(-c3ccc(Cl)cc3Cl)n2Cc2ccccc2)C1=O. The zero-order chi connectivity index (χ0) is 19.7. The molecule has 1 aliphatic heterocycles. The molecular weight excluding hydrogens is 415 g/mol. The lowest BCUT2D eigenvalue weighted by molar-refractivity contribution is -0.126. The Morgan fingerprint density at radius 3 is 2.61 bits per heavy atom. The summed E-state index contributed by atoms with van der Waals surface area (Å²) in [5.41, 5.74) is 1.88. The first-order valence-electron chi connectivity index (χ1n) is 8.87. The van der Waals surface area contributed by atoms with Crippen LogP contribution in [0.15, 0.2) is 53.7 Å². The summed E-state index contributed by atoms with van der Waals surface area (Å²) in [6.07, 6.45) is 0.801. The molecule has 28 heavy (non-hydrogen) atoms. The normalized spacial score (nSPS) is 16.8. The Kier molecular flexibility index (Phi) is 5.62. The number of hydrogen-bond acceptors (Lipinski definition) is 4. The maximum Gasteiger partial charge on any atom is 0.235 e. The zero-order valence-electron chi connectivity index (χ0n) is 15.2. The van der Waals surface area contributed by atoms with Crippen molar-refractivity contribution >= 4 is 40.9 Å². The molecule has 144 valence electrons. The van der Waals surface area contributed by atoms with Gasteiger partial charge in [0.2, 0.25) is 5.91 Å². The van der Waals surface area contributed by atoms with Crippen LogP contribution in [-0.4, -0.2) is 44.4 Å². The molecule has 0 radical (unpaired) electrons. The molecule has 4 rings (SSSR count). The number of rotatable bonds is 5. The summed E-state index contributed by atoms with van der Waals surface area (Å²) in [6, 6.07) is 15.4. The van der Waals surface area contributed by atoms with Crippen molar-refractivity contribution in [3.05, 3.63) is 64.1 Å². The van der Waals surface area contributed by atoms with Gasteiger partial charge in [0.05, 0.1) is 16.8 Å². The van der Waals surface area contributed by atoms with Gasteiger partial charge in [-0.1, -0.05) is 65.3 Å². The predicted molar refractivity (Wildman–Crippen MR) is 113 cm³/mol. The highest BCUT2D eigenvalue weighted by molar-refractivity contribution is 8.00. The first kappa shape index (κ1) is 19.3. The van der Waals surface area contributed by atoms with E-state index in [0.717, 1.165) is 24.1 Å². The average molecular weight is 433 g/mol. The number of likely N-dealkylation sites (tertiary alicyclic amines) is 1. The fourth-order valence-electron chi connectivity index (χ4n) is 3.18. The maximum absolute atomic E-state index is 12.4. The molecule has 8 heteroatoms. The van der Waals surface area contributed by atoms with Gasteiger partial charge in [0.15, 0.2) is 11.0 Å². The van der Waals surface area contributed by atoms with Crippen LogP contribution in [0.4, 0.5) is 0 Å². The highest BCUT2D eigenvalue weighted by Crippen LogP contribution is 2.35. The van der Waals surface area contributed by atoms with Gasteiger partial charge < -0.3 is 4.90 Å². The van der Waals surface area contributed by atoms with Crippen molar-refractivity contribution in [3.63, 3.8) is 0 Å². The summed E-state index contributed by atoms with van der Waals surface area (Å²) in [6.45, 7) is 1.35. The highest BCUT2D eigenvalue weighted by atomic mass is 35.5. The van der Waals surface area contributed by atoms with Crippen LogP contribution >= 0.6 is 35.0 Å². The lowest BCUT2D eigenvalue weighted by Gasteiger charge is -2.13. The van der Waals surface area contributed by atoms with Gasteiger partial charge in [0, 0.05) is 24.2 Å². The summed E-state index contributed by atoms with van der Waals surface area (Å²) >= 11 is 13.9. The molecule has 5 nitrogen and oxygen atoms in total. The van der Waals surface area contributed by atoms with Crippen molar-refractivity contribution in [2.75, 3.05) is 13.6 Å². The molecule has 3 aromatic rings. The molecule has 1 atom stereocenters. The summed E-state index contributed by atoms with van der Waals surface area (Å²) in [4.78, 5) is 14.1. The fraction of sp³-hybridized carbons (Fsp3) is 0.250. The minimum Gasteiger partial charge on any atom is -0.345 e.